The lowest BCUT2D eigenvalue weighted by molar-refractivity contribution is 0.594. The fraction of sp³-hybridized carbons (Fsp3) is 0.0667. The topological polar surface area (TPSA) is 59.4 Å². The second-order valence-electron chi connectivity index (χ2n) is 3.98. The molecule has 1 aromatic carbocycles. The smallest absolute Gasteiger partial charge is 0.243 e. The summed E-state index contributed by atoms with van der Waals surface area (Å²) in [5.74, 6) is 0. The minimum absolute atomic E-state index is 0.0386. The van der Waals surface area contributed by atoms with Crippen molar-refractivity contribution in [2.24, 2.45) is 4.40 Å². The van der Waals surface area contributed by atoms with Crippen molar-refractivity contribution >= 4 is 22.3 Å². The van der Waals surface area contributed by atoms with E-state index in [1.807, 2.05) is 42.5 Å². The molecule has 0 aliphatic rings. The van der Waals surface area contributed by atoms with Gasteiger partial charge in [0.05, 0.1) is 0 Å². The molecule has 2 aromatic rings. The predicted molar refractivity (Wildman–Crippen MR) is 80.0 cm³/mol. The number of rotatable bonds is 5. The van der Waals surface area contributed by atoms with E-state index in [9.17, 15) is 8.42 Å². The Labute approximate surface area is 118 Å². The van der Waals surface area contributed by atoms with Crippen LogP contribution >= 0.6 is 0 Å². The third-order valence-electron chi connectivity index (χ3n) is 2.47. The van der Waals surface area contributed by atoms with Gasteiger partial charge in [0.1, 0.15) is 0 Å². The second-order valence-corrected chi connectivity index (χ2v) is 5.56. The first-order chi connectivity index (χ1) is 9.68. The van der Waals surface area contributed by atoms with Crippen molar-refractivity contribution in [3.05, 3.63) is 66.4 Å². The zero-order valence-electron chi connectivity index (χ0n) is 10.8. The molecule has 5 heteroatoms. The number of allylic oxidation sites excluding steroid dienone is 1. The van der Waals surface area contributed by atoms with Crippen LogP contribution in [0.2, 0.25) is 0 Å². The number of pyridine rings is 1. The van der Waals surface area contributed by atoms with Crippen LogP contribution in [-0.2, 0) is 10.0 Å². The first kappa shape index (κ1) is 14.1. The maximum atomic E-state index is 11.8. The lowest BCUT2D eigenvalue weighted by Gasteiger charge is -1.95. The highest BCUT2D eigenvalue weighted by Gasteiger charge is 2.11. The normalized spacial score (nSPS) is 12.2. The van der Waals surface area contributed by atoms with E-state index >= 15 is 0 Å². The van der Waals surface area contributed by atoms with E-state index in [2.05, 4.69) is 9.38 Å². The molecule has 0 atom stereocenters. The van der Waals surface area contributed by atoms with Crippen molar-refractivity contribution < 1.29 is 8.42 Å². The zero-order valence-corrected chi connectivity index (χ0v) is 11.6. The van der Waals surface area contributed by atoms with E-state index in [0.29, 0.717) is 6.42 Å². The van der Waals surface area contributed by atoms with Crippen LogP contribution in [0, 0.1) is 0 Å². The van der Waals surface area contributed by atoms with Crippen molar-refractivity contribution in [2.75, 3.05) is 0 Å². The molecule has 1 heterocycles. The first-order valence-electron chi connectivity index (χ1n) is 6.10. The Bertz CT molecular complexity index is 693. The molecule has 102 valence electrons. The van der Waals surface area contributed by atoms with Crippen molar-refractivity contribution in [3.8, 4) is 0 Å². The maximum Gasteiger partial charge on any atom is 0.299 e. The van der Waals surface area contributed by atoms with E-state index < -0.39 is 10.0 Å². The largest absolute Gasteiger partial charge is 0.299 e. The van der Waals surface area contributed by atoms with Gasteiger partial charge in [0.2, 0.25) is 0 Å². The van der Waals surface area contributed by atoms with Gasteiger partial charge < -0.3 is 0 Å². The van der Waals surface area contributed by atoms with E-state index in [0.717, 1.165) is 5.56 Å². The molecule has 0 amide bonds. The average molecular weight is 286 g/mol. The molecular formula is C15H14N2O2S. The Morgan fingerprint density at radius 1 is 1.05 bits per heavy atom. The minimum atomic E-state index is -3.68. The second kappa shape index (κ2) is 6.77. The first-order valence-corrected chi connectivity index (χ1v) is 7.54. The Morgan fingerprint density at radius 2 is 1.80 bits per heavy atom. The number of nitrogens with zero attached hydrogens (tertiary/aromatic N) is 2. The molecule has 0 unspecified atom stereocenters. The Morgan fingerprint density at radius 3 is 2.50 bits per heavy atom. The highest BCUT2D eigenvalue weighted by atomic mass is 32.2. The fourth-order valence-corrected chi connectivity index (χ4v) is 2.36. The van der Waals surface area contributed by atoms with Crippen LogP contribution in [0.3, 0.4) is 0 Å². The Hall–Kier alpha value is -2.27. The molecule has 0 aliphatic carbocycles. The molecule has 0 saturated heterocycles. The van der Waals surface area contributed by atoms with E-state index in [1.165, 1.54) is 18.5 Å². The summed E-state index contributed by atoms with van der Waals surface area (Å²) in [6.45, 7) is 0. The van der Waals surface area contributed by atoms with Crippen molar-refractivity contribution in [2.45, 2.75) is 11.4 Å². The van der Waals surface area contributed by atoms with Gasteiger partial charge in [-0.1, -0.05) is 48.6 Å². The number of hydrogen-bond donors (Lipinski definition) is 0. The van der Waals surface area contributed by atoms with Crippen molar-refractivity contribution in [3.63, 3.8) is 0 Å². The molecule has 0 spiro atoms. The molecule has 0 radical (unpaired) electrons. The van der Waals surface area contributed by atoms with Crippen LogP contribution < -0.4 is 0 Å². The molecule has 0 N–H and O–H groups in total. The number of hydrogen-bond acceptors (Lipinski definition) is 3. The zero-order chi connectivity index (χ0) is 14.3. The maximum absolute atomic E-state index is 11.8. The Balaban J connectivity index is 1.96. The van der Waals surface area contributed by atoms with Crippen LogP contribution in [-0.4, -0.2) is 19.6 Å². The predicted octanol–water partition coefficient (Wildman–Crippen LogP) is 2.94. The fourth-order valence-electron chi connectivity index (χ4n) is 1.52. The van der Waals surface area contributed by atoms with Gasteiger partial charge in [-0.05, 0) is 17.7 Å². The summed E-state index contributed by atoms with van der Waals surface area (Å²) in [5.41, 5.74) is 1.06. The number of benzene rings is 1. The van der Waals surface area contributed by atoms with E-state index in [-0.39, 0.29) is 5.03 Å². The number of sulfonamides is 1. The van der Waals surface area contributed by atoms with Crippen LogP contribution in [0.4, 0.5) is 0 Å². The molecular weight excluding hydrogens is 272 g/mol. The monoisotopic (exact) mass is 286 g/mol. The summed E-state index contributed by atoms with van der Waals surface area (Å²) >= 11 is 0. The highest BCUT2D eigenvalue weighted by molar-refractivity contribution is 7.90. The molecule has 0 bridgehead atoms. The van der Waals surface area contributed by atoms with Crippen LogP contribution in [0.25, 0.3) is 6.08 Å². The summed E-state index contributed by atoms with van der Waals surface area (Å²) < 4.78 is 27.2. The van der Waals surface area contributed by atoms with E-state index in [4.69, 9.17) is 0 Å². The van der Waals surface area contributed by atoms with Gasteiger partial charge in [-0.25, -0.2) is 4.98 Å². The average Bonchev–Trinajstić information content (AvgIpc) is 2.49. The molecule has 1 aromatic heterocycles. The van der Waals surface area contributed by atoms with Gasteiger partial charge >= 0.3 is 0 Å². The van der Waals surface area contributed by atoms with Gasteiger partial charge in [0, 0.05) is 18.8 Å². The van der Waals surface area contributed by atoms with Gasteiger partial charge in [-0.3, -0.25) is 0 Å². The highest BCUT2D eigenvalue weighted by Crippen LogP contribution is 2.07. The molecule has 0 fully saturated rings. The lowest BCUT2D eigenvalue weighted by atomic mass is 10.2. The SMILES string of the molecule is O=S(=O)(/N=C/C/C=C/c1ccccc1)c1ccccn1. The summed E-state index contributed by atoms with van der Waals surface area (Å²) in [7, 11) is -3.68. The van der Waals surface area contributed by atoms with Gasteiger partial charge in [0.25, 0.3) is 10.0 Å². The standard InChI is InChI=1S/C15H14N2O2S/c18-20(19,15-11-5-6-12-16-15)17-13-7-4-10-14-8-2-1-3-9-14/h1-6,8-13H,7H2/b10-4+,17-13+. The summed E-state index contributed by atoms with van der Waals surface area (Å²) in [6.07, 6.45) is 7.01. The third kappa shape index (κ3) is 4.13. The van der Waals surface area contributed by atoms with Crippen LogP contribution in [0.1, 0.15) is 12.0 Å². The molecule has 20 heavy (non-hydrogen) atoms. The molecule has 2 rings (SSSR count). The lowest BCUT2D eigenvalue weighted by Crippen LogP contribution is -1.99. The molecule has 4 nitrogen and oxygen atoms in total. The molecule has 0 saturated carbocycles. The quantitative estimate of drug-likeness (QED) is 0.794. The van der Waals surface area contributed by atoms with Gasteiger partial charge in [-0.2, -0.15) is 12.8 Å². The van der Waals surface area contributed by atoms with Crippen LogP contribution in [0.5, 0.6) is 0 Å². The summed E-state index contributed by atoms with van der Waals surface area (Å²) in [5, 5.41) is -0.0386. The summed E-state index contributed by atoms with van der Waals surface area (Å²) in [4.78, 5) is 3.78. The number of aromatic nitrogens is 1. The van der Waals surface area contributed by atoms with Crippen LogP contribution in [0.15, 0.2) is 70.2 Å². The third-order valence-corrected chi connectivity index (χ3v) is 3.66. The summed E-state index contributed by atoms with van der Waals surface area (Å²) in [6, 6.07) is 14.5. The van der Waals surface area contributed by atoms with Gasteiger partial charge in [0.15, 0.2) is 5.03 Å². The Kier molecular flexibility index (Phi) is 4.79. The van der Waals surface area contributed by atoms with Crippen molar-refractivity contribution in [1.82, 2.24) is 4.98 Å². The van der Waals surface area contributed by atoms with Gasteiger partial charge in [-0.15, -0.1) is 0 Å². The molecule has 0 aliphatic heterocycles. The van der Waals surface area contributed by atoms with Crippen molar-refractivity contribution in [1.29, 1.82) is 0 Å². The van der Waals surface area contributed by atoms with E-state index in [1.54, 1.807) is 12.1 Å². The minimum Gasteiger partial charge on any atom is -0.243 e.